The smallest absolute Gasteiger partial charge is 0.143 e. The van der Waals surface area contributed by atoms with Crippen molar-refractivity contribution < 1.29 is 4.74 Å². The van der Waals surface area contributed by atoms with Crippen LogP contribution in [0.15, 0.2) is 30.7 Å². The Balaban J connectivity index is 2.13. The third-order valence-electron chi connectivity index (χ3n) is 3.46. The maximum atomic E-state index is 5.90. The van der Waals surface area contributed by atoms with E-state index >= 15 is 0 Å². The lowest BCUT2D eigenvalue weighted by Gasteiger charge is -2.19. The van der Waals surface area contributed by atoms with Gasteiger partial charge in [0.05, 0.1) is 18.6 Å². The van der Waals surface area contributed by atoms with Gasteiger partial charge in [0.1, 0.15) is 5.75 Å². The largest absolute Gasteiger partial charge is 0.491 e. The summed E-state index contributed by atoms with van der Waals surface area (Å²) in [6, 6.07) is 6.48. The minimum atomic E-state index is 0.520. The molecule has 1 aromatic carbocycles. The van der Waals surface area contributed by atoms with Crippen molar-refractivity contribution in [3.05, 3.63) is 42.0 Å². The molecule has 0 atom stereocenters. The molecule has 0 spiro atoms. The molecule has 3 rings (SSSR count). The van der Waals surface area contributed by atoms with Crippen molar-refractivity contribution in [3.8, 4) is 11.4 Å². The second-order valence-corrected chi connectivity index (χ2v) is 5.09. The molecule has 0 fully saturated rings. The van der Waals surface area contributed by atoms with E-state index in [0.717, 1.165) is 30.9 Å². The van der Waals surface area contributed by atoms with E-state index in [2.05, 4.69) is 41.6 Å². The van der Waals surface area contributed by atoms with Gasteiger partial charge in [-0.15, -0.1) is 0 Å². The summed E-state index contributed by atoms with van der Waals surface area (Å²) in [5.74, 6) is 1.49. The SMILES string of the molecule is CC(C)c1ccc2c(c1)OCCCc1cncn1-2. The van der Waals surface area contributed by atoms with E-state index in [1.807, 2.05) is 12.5 Å². The Kier molecular flexibility index (Phi) is 2.82. The van der Waals surface area contributed by atoms with Crippen molar-refractivity contribution >= 4 is 0 Å². The zero-order valence-corrected chi connectivity index (χ0v) is 10.9. The van der Waals surface area contributed by atoms with Crippen molar-refractivity contribution in [3.63, 3.8) is 0 Å². The first kappa shape index (κ1) is 11.3. The molecule has 1 aromatic heterocycles. The molecule has 1 aliphatic rings. The number of imidazole rings is 1. The fraction of sp³-hybridized carbons (Fsp3) is 0.400. The number of aromatic nitrogens is 2. The van der Waals surface area contributed by atoms with Gasteiger partial charge in [-0.05, 0) is 36.5 Å². The highest BCUT2D eigenvalue weighted by Gasteiger charge is 2.14. The molecule has 94 valence electrons. The van der Waals surface area contributed by atoms with Gasteiger partial charge in [0, 0.05) is 11.9 Å². The lowest BCUT2D eigenvalue weighted by molar-refractivity contribution is 0.304. The van der Waals surface area contributed by atoms with Crippen LogP contribution in [0, 0.1) is 0 Å². The molecular weight excluding hydrogens is 224 g/mol. The molecule has 0 radical (unpaired) electrons. The second kappa shape index (κ2) is 4.48. The average molecular weight is 242 g/mol. The highest BCUT2D eigenvalue weighted by Crippen LogP contribution is 2.30. The van der Waals surface area contributed by atoms with E-state index in [9.17, 15) is 0 Å². The molecule has 18 heavy (non-hydrogen) atoms. The second-order valence-electron chi connectivity index (χ2n) is 5.09. The van der Waals surface area contributed by atoms with Gasteiger partial charge >= 0.3 is 0 Å². The zero-order valence-electron chi connectivity index (χ0n) is 10.9. The molecular formula is C15H18N2O. The molecule has 0 saturated carbocycles. The number of fused-ring (bicyclic) bond motifs is 3. The third-order valence-corrected chi connectivity index (χ3v) is 3.46. The van der Waals surface area contributed by atoms with Crippen LogP contribution in [0.4, 0.5) is 0 Å². The summed E-state index contributed by atoms with van der Waals surface area (Å²) < 4.78 is 8.03. The Labute approximate surface area is 107 Å². The summed E-state index contributed by atoms with van der Waals surface area (Å²) in [6.45, 7) is 5.18. The van der Waals surface area contributed by atoms with E-state index in [-0.39, 0.29) is 0 Å². The van der Waals surface area contributed by atoms with Crippen molar-refractivity contribution in [2.45, 2.75) is 32.6 Å². The summed E-state index contributed by atoms with van der Waals surface area (Å²) in [5, 5.41) is 0. The number of aryl methyl sites for hydroxylation is 1. The zero-order chi connectivity index (χ0) is 12.5. The van der Waals surface area contributed by atoms with E-state index in [0.29, 0.717) is 5.92 Å². The van der Waals surface area contributed by atoms with Crippen LogP contribution in [0.5, 0.6) is 5.75 Å². The normalized spacial score (nSPS) is 14.4. The molecule has 3 nitrogen and oxygen atoms in total. The summed E-state index contributed by atoms with van der Waals surface area (Å²) >= 11 is 0. The van der Waals surface area contributed by atoms with Crippen LogP contribution in [0.25, 0.3) is 5.69 Å². The maximum Gasteiger partial charge on any atom is 0.143 e. The van der Waals surface area contributed by atoms with Crippen LogP contribution in [0.1, 0.15) is 37.4 Å². The number of hydrogen-bond acceptors (Lipinski definition) is 2. The summed E-state index contributed by atoms with van der Waals surface area (Å²) in [5.41, 5.74) is 3.68. The van der Waals surface area contributed by atoms with Gasteiger partial charge in [0.25, 0.3) is 0 Å². The van der Waals surface area contributed by atoms with Gasteiger partial charge in [-0.2, -0.15) is 0 Å². The lowest BCUT2D eigenvalue weighted by atomic mass is 10.0. The highest BCUT2D eigenvalue weighted by molar-refractivity contribution is 5.50. The predicted molar refractivity (Wildman–Crippen MR) is 71.5 cm³/mol. The Morgan fingerprint density at radius 3 is 3.06 bits per heavy atom. The Morgan fingerprint density at radius 2 is 2.22 bits per heavy atom. The van der Waals surface area contributed by atoms with Crippen LogP contribution in [-0.2, 0) is 6.42 Å². The van der Waals surface area contributed by atoms with Crippen molar-refractivity contribution in [2.75, 3.05) is 6.61 Å². The van der Waals surface area contributed by atoms with Crippen molar-refractivity contribution in [1.29, 1.82) is 0 Å². The van der Waals surface area contributed by atoms with Gasteiger partial charge < -0.3 is 4.74 Å². The van der Waals surface area contributed by atoms with E-state index in [1.165, 1.54) is 11.3 Å². The maximum absolute atomic E-state index is 5.90. The van der Waals surface area contributed by atoms with Gasteiger partial charge in [0.2, 0.25) is 0 Å². The summed E-state index contributed by atoms with van der Waals surface area (Å²) in [4.78, 5) is 4.25. The van der Waals surface area contributed by atoms with Gasteiger partial charge in [-0.3, -0.25) is 4.57 Å². The third kappa shape index (κ3) is 1.90. The van der Waals surface area contributed by atoms with Crippen LogP contribution < -0.4 is 4.74 Å². The first-order chi connectivity index (χ1) is 8.75. The lowest BCUT2D eigenvalue weighted by Crippen LogP contribution is -2.10. The van der Waals surface area contributed by atoms with Crippen LogP contribution in [0.3, 0.4) is 0 Å². The molecule has 2 heterocycles. The van der Waals surface area contributed by atoms with Crippen LogP contribution in [0.2, 0.25) is 0 Å². The van der Waals surface area contributed by atoms with Crippen LogP contribution in [-0.4, -0.2) is 16.2 Å². The number of ether oxygens (including phenoxy) is 1. The molecule has 0 aliphatic carbocycles. The molecule has 2 aromatic rings. The first-order valence-corrected chi connectivity index (χ1v) is 6.54. The Morgan fingerprint density at radius 1 is 1.33 bits per heavy atom. The summed E-state index contributed by atoms with van der Waals surface area (Å²) in [6.07, 6.45) is 5.88. The van der Waals surface area contributed by atoms with Gasteiger partial charge in [0.15, 0.2) is 0 Å². The monoisotopic (exact) mass is 242 g/mol. The Hall–Kier alpha value is -1.77. The molecule has 0 unspecified atom stereocenters. The predicted octanol–water partition coefficient (Wildman–Crippen LogP) is 3.32. The molecule has 0 amide bonds. The quantitative estimate of drug-likeness (QED) is 0.767. The molecule has 3 heteroatoms. The fourth-order valence-corrected chi connectivity index (χ4v) is 2.36. The minimum Gasteiger partial charge on any atom is -0.491 e. The number of hydrogen-bond donors (Lipinski definition) is 0. The summed E-state index contributed by atoms with van der Waals surface area (Å²) in [7, 11) is 0. The van der Waals surface area contributed by atoms with E-state index in [1.54, 1.807) is 0 Å². The fourth-order valence-electron chi connectivity index (χ4n) is 2.36. The Bertz CT molecular complexity index is 557. The standard InChI is InChI=1S/C15H18N2O/c1-11(2)12-5-6-14-15(8-12)18-7-3-4-13-9-16-10-17(13)14/h5-6,8-11H,3-4,7H2,1-2H3. The topological polar surface area (TPSA) is 27.1 Å². The van der Waals surface area contributed by atoms with E-state index in [4.69, 9.17) is 4.74 Å². The molecule has 0 saturated heterocycles. The van der Waals surface area contributed by atoms with Gasteiger partial charge in [-0.25, -0.2) is 4.98 Å². The van der Waals surface area contributed by atoms with Crippen molar-refractivity contribution in [2.24, 2.45) is 0 Å². The minimum absolute atomic E-state index is 0.520. The number of rotatable bonds is 1. The number of benzene rings is 1. The average Bonchev–Trinajstić information content (AvgIpc) is 2.79. The highest BCUT2D eigenvalue weighted by atomic mass is 16.5. The van der Waals surface area contributed by atoms with Gasteiger partial charge in [-0.1, -0.05) is 19.9 Å². The number of nitrogens with zero attached hydrogens (tertiary/aromatic N) is 2. The van der Waals surface area contributed by atoms with Crippen LogP contribution >= 0.6 is 0 Å². The molecule has 1 aliphatic heterocycles. The van der Waals surface area contributed by atoms with Crippen molar-refractivity contribution in [1.82, 2.24) is 9.55 Å². The van der Waals surface area contributed by atoms with E-state index < -0.39 is 0 Å². The molecule has 0 bridgehead atoms. The first-order valence-electron chi connectivity index (χ1n) is 6.54. The molecule has 0 N–H and O–H groups in total.